The molecule has 0 aromatic carbocycles. The van der Waals surface area contributed by atoms with Crippen LogP contribution in [0, 0.1) is 5.92 Å². The average Bonchev–Trinajstić information content (AvgIpc) is 2.16. The summed E-state index contributed by atoms with van der Waals surface area (Å²) in [6.45, 7) is 8.53. The van der Waals surface area contributed by atoms with Crippen LogP contribution in [0.1, 0.15) is 19.3 Å². The Bertz CT molecular complexity index is 174. The van der Waals surface area contributed by atoms with Gasteiger partial charge in [0.1, 0.15) is 0 Å². The Morgan fingerprint density at radius 3 is 2.64 bits per heavy atom. The van der Waals surface area contributed by atoms with Crippen LogP contribution in [0.4, 0.5) is 0 Å². The van der Waals surface area contributed by atoms with E-state index in [1.54, 1.807) is 0 Å². The van der Waals surface area contributed by atoms with Crippen LogP contribution in [-0.4, -0.2) is 38.1 Å². The molecule has 0 aromatic rings. The average molecular weight is 261 g/mol. The zero-order valence-corrected chi connectivity index (χ0v) is 10.6. The fraction of sp³-hybridized carbons (Fsp3) is 0.818. The summed E-state index contributed by atoms with van der Waals surface area (Å²) in [6, 6.07) is 0. The maximum Gasteiger partial charge on any atom is 0.0293 e. The highest BCUT2D eigenvalue weighted by Gasteiger charge is 2.18. The first-order valence-corrected chi connectivity index (χ1v) is 6.22. The van der Waals surface area contributed by atoms with Gasteiger partial charge in [0.15, 0.2) is 0 Å². The lowest BCUT2D eigenvalue weighted by Gasteiger charge is -2.31. The van der Waals surface area contributed by atoms with Crippen molar-refractivity contribution in [1.82, 2.24) is 10.2 Å². The van der Waals surface area contributed by atoms with E-state index in [9.17, 15) is 0 Å². The summed E-state index contributed by atoms with van der Waals surface area (Å²) in [4.78, 5) is 2.48. The smallest absolute Gasteiger partial charge is 0.0293 e. The molecule has 0 spiro atoms. The lowest BCUT2D eigenvalue weighted by Crippen LogP contribution is -2.35. The molecule has 0 bridgehead atoms. The molecular formula is C11H21BrN2. The minimum Gasteiger partial charge on any atom is -0.320 e. The molecule has 1 rings (SSSR count). The topological polar surface area (TPSA) is 15.3 Å². The molecule has 0 atom stereocenters. The molecule has 0 aromatic heterocycles. The molecule has 1 N–H and O–H groups in total. The van der Waals surface area contributed by atoms with E-state index in [1.165, 1.54) is 32.4 Å². The van der Waals surface area contributed by atoms with Crippen molar-refractivity contribution < 1.29 is 0 Å². The van der Waals surface area contributed by atoms with Gasteiger partial charge in [0.2, 0.25) is 0 Å². The van der Waals surface area contributed by atoms with E-state index in [2.05, 4.69) is 32.7 Å². The van der Waals surface area contributed by atoms with E-state index >= 15 is 0 Å². The van der Waals surface area contributed by atoms with Crippen LogP contribution in [0.2, 0.25) is 0 Å². The van der Waals surface area contributed by atoms with Crippen LogP contribution in [0.3, 0.4) is 0 Å². The number of nitrogens with one attached hydrogen (secondary N) is 1. The highest BCUT2D eigenvalue weighted by atomic mass is 79.9. The molecule has 0 radical (unpaired) electrons. The first kappa shape index (κ1) is 12.2. The van der Waals surface area contributed by atoms with E-state index in [0.29, 0.717) is 0 Å². The van der Waals surface area contributed by atoms with E-state index in [0.717, 1.165) is 23.5 Å². The molecule has 1 saturated heterocycles. The predicted octanol–water partition coefficient (Wildman–Crippen LogP) is 2.22. The first-order valence-electron chi connectivity index (χ1n) is 5.42. The van der Waals surface area contributed by atoms with Gasteiger partial charge in [-0.1, -0.05) is 22.5 Å². The summed E-state index contributed by atoms with van der Waals surface area (Å²) >= 11 is 3.42. The third-order valence-corrected chi connectivity index (χ3v) is 3.16. The monoisotopic (exact) mass is 260 g/mol. The van der Waals surface area contributed by atoms with Crippen molar-refractivity contribution in [1.29, 1.82) is 0 Å². The molecule has 3 heteroatoms. The van der Waals surface area contributed by atoms with Crippen molar-refractivity contribution in [2.24, 2.45) is 5.92 Å². The number of rotatable bonds is 5. The van der Waals surface area contributed by atoms with E-state index < -0.39 is 0 Å². The Hall–Kier alpha value is 0.140. The molecule has 0 aliphatic carbocycles. The number of hydrogen-bond donors (Lipinski definition) is 1. The van der Waals surface area contributed by atoms with E-state index in [1.807, 2.05) is 7.05 Å². The minimum atomic E-state index is 0.933. The summed E-state index contributed by atoms with van der Waals surface area (Å²) < 4.78 is 1.10. The highest BCUT2D eigenvalue weighted by Crippen LogP contribution is 2.20. The third-order valence-electron chi connectivity index (χ3n) is 2.90. The van der Waals surface area contributed by atoms with Gasteiger partial charge in [0.25, 0.3) is 0 Å². The third kappa shape index (κ3) is 4.58. The summed E-state index contributed by atoms with van der Waals surface area (Å²) in [5.41, 5.74) is 0. The van der Waals surface area contributed by atoms with Crippen LogP contribution in [0.15, 0.2) is 11.1 Å². The standard InChI is InChI=1S/C11H21BrN2/c1-10(12)9-14-7-4-11(5-8-14)3-6-13-2/h11,13H,1,3-9H2,2H3. The summed E-state index contributed by atoms with van der Waals surface area (Å²) in [7, 11) is 2.03. The Morgan fingerprint density at radius 1 is 1.50 bits per heavy atom. The fourth-order valence-corrected chi connectivity index (χ4v) is 2.38. The summed E-state index contributed by atoms with van der Waals surface area (Å²) in [5.74, 6) is 0.933. The second-order valence-corrected chi connectivity index (χ2v) is 5.25. The molecule has 1 heterocycles. The van der Waals surface area contributed by atoms with Crippen LogP contribution < -0.4 is 5.32 Å². The summed E-state index contributed by atoms with van der Waals surface area (Å²) in [6.07, 6.45) is 4.03. The van der Waals surface area contributed by atoms with Gasteiger partial charge in [0, 0.05) is 11.0 Å². The van der Waals surface area contributed by atoms with Crippen molar-refractivity contribution in [3.63, 3.8) is 0 Å². The number of nitrogens with zero attached hydrogens (tertiary/aromatic N) is 1. The number of likely N-dealkylation sites (tertiary alicyclic amines) is 1. The summed E-state index contributed by atoms with van der Waals surface area (Å²) in [5, 5.41) is 3.22. The molecule has 14 heavy (non-hydrogen) atoms. The normalized spacial score (nSPS) is 19.9. The van der Waals surface area contributed by atoms with Gasteiger partial charge in [0.05, 0.1) is 0 Å². The quantitative estimate of drug-likeness (QED) is 0.816. The molecule has 0 unspecified atom stereocenters. The lowest BCUT2D eigenvalue weighted by molar-refractivity contribution is 0.194. The van der Waals surface area contributed by atoms with Crippen LogP contribution in [0.25, 0.3) is 0 Å². The SMILES string of the molecule is C=C(Br)CN1CCC(CCNC)CC1. The number of halogens is 1. The van der Waals surface area contributed by atoms with Crippen molar-refractivity contribution in [3.8, 4) is 0 Å². The first-order chi connectivity index (χ1) is 6.72. The largest absolute Gasteiger partial charge is 0.320 e. The molecule has 0 amide bonds. The van der Waals surface area contributed by atoms with Gasteiger partial charge >= 0.3 is 0 Å². The molecular weight excluding hydrogens is 240 g/mol. The number of hydrogen-bond acceptors (Lipinski definition) is 2. The lowest BCUT2D eigenvalue weighted by atomic mass is 9.93. The van der Waals surface area contributed by atoms with Gasteiger partial charge in [-0.2, -0.15) is 0 Å². The molecule has 1 aliphatic heterocycles. The molecule has 0 saturated carbocycles. The van der Waals surface area contributed by atoms with Gasteiger partial charge in [-0.25, -0.2) is 0 Å². The maximum absolute atomic E-state index is 3.88. The van der Waals surface area contributed by atoms with Gasteiger partial charge < -0.3 is 5.32 Å². The fourth-order valence-electron chi connectivity index (χ4n) is 2.02. The van der Waals surface area contributed by atoms with E-state index in [4.69, 9.17) is 0 Å². The molecule has 1 aliphatic rings. The predicted molar refractivity (Wildman–Crippen MR) is 65.8 cm³/mol. The minimum absolute atomic E-state index is 0.933. The van der Waals surface area contributed by atoms with Crippen LogP contribution in [-0.2, 0) is 0 Å². The molecule has 82 valence electrons. The van der Waals surface area contributed by atoms with Crippen molar-refractivity contribution in [3.05, 3.63) is 11.1 Å². The highest BCUT2D eigenvalue weighted by molar-refractivity contribution is 9.11. The van der Waals surface area contributed by atoms with Crippen LogP contribution in [0.5, 0.6) is 0 Å². The van der Waals surface area contributed by atoms with Crippen LogP contribution >= 0.6 is 15.9 Å². The Morgan fingerprint density at radius 2 is 2.14 bits per heavy atom. The number of piperidine rings is 1. The Balaban J connectivity index is 2.14. The van der Waals surface area contributed by atoms with Gasteiger partial charge in [-0.05, 0) is 51.9 Å². The van der Waals surface area contributed by atoms with Crippen molar-refractivity contribution in [2.45, 2.75) is 19.3 Å². The zero-order chi connectivity index (χ0) is 10.4. The van der Waals surface area contributed by atoms with Crippen molar-refractivity contribution >= 4 is 15.9 Å². The molecule has 2 nitrogen and oxygen atoms in total. The Kier molecular flexibility index (Phi) is 5.75. The Labute approximate surface area is 95.9 Å². The van der Waals surface area contributed by atoms with E-state index in [-0.39, 0.29) is 0 Å². The van der Waals surface area contributed by atoms with Crippen molar-refractivity contribution in [2.75, 3.05) is 33.2 Å². The second-order valence-electron chi connectivity index (χ2n) is 4.13. The van der Waals surface area contributed by atoms with Gasteiger partial charge in [-0.3, -0.25) is 4.90 Å². The maximum atomic E-state index is 3.88. The van der Waals surface area contributed by atoms with Gasteiger partial charge in [-0.15, -0.1) is 0 Å². The second kappa shape index (κ2) is 6.59. The zero-order valence-electron chi connectivity index (χ0n) is 9.06. The molecule has 1 fully saturated rings.